The number of hydrogen-bond donors (Lipinski definition) is 1. The van der Waals surface area contributed by atoms with Crippen LogP contribution in [0.5, 0.6) is 0 Å². The van der Waals surface area contributed by atoms with Crippen molar-refractivity contribution in [2.45, 2.75) is 32.4 Å². The summed E-state index contributed by atoms with van der Waals surface area (Å²) in [5.41, 5.74) is 4.16. The number of rotatable bonds is 4. The Morgan fingerprint density at radius 3 is 2.65 bits per heavy atom. The van der Waals surface area contributed by atoms with E-state index in [-0.39, 0.29) is 5.91 Å². The second kappa shape index (κ2) is 5.54. The number of carbonyl (C=O) groups is 1. The zero-order valence-corrected chi connectivity index (χ0v) is 13.1. The molecule has 0 bridgehead atoms. The zero-order valence-electron chi connectivity index (χ0n) is 13.1. The molecule has 3 aromatic rings. The zero-order chi connectivity index (χ0) is 15.8. The van der Waals surface area contributed by atoms with E-state index < -0.39 is 0 Å². The van der Waals surface area contributed by atoms with Crippen LogP contribution in [0.25, 0.3) is 22.4 Å². The molecule has 0 atom stereocenters. The van der Waals surface area contributed by atoms with Gasteiger partial charge in [0.2, 0.25) is 5.91 Å². The molecule has 0 radical (unpaired) electrons. The van der Waals surface area contributed by atoms with Gasteiger partial charge >= 0.3 is 0 Å². The molecule has 4 nitrogen and oxygen atoms in total. The molecule has 1 N–H and O–H groups in total. The van der Waals surface area contributed by atoms with Crippen molar-refractivity contribution >= 4 is 16.9 Å². The Morgan fingerprint density at radius 2 is 1.91 bits per heavy atom. The van der Waals surface area contributed by atoms with E-state index in [9.17, 15) is 4.79 Å². The number of fused-ring (bicyclic) bond motifs is 1. The normalized spacial score (nSPS) is 14.1. The molecule has 23 heavy (non-hydrogen) atoms. The van der Waals surface area contributed by atoms with Crippen LogP contribution >= 0.6 is 0 Å². The molecule has 1 aromatic heterocycles. The molecular formula is C19H19N3O. The van der Waals surface area contributed by atoms with Crippen LogP contribution in [0, 0.1) is 6.92 Å². The van der Waals surface area contributed by atoms with Crippen LogP contribution < -0.4 is 5.32 Å². The predicted molar refractivity (Wildman–Crippen MR) is 91.1 cm³/mol. The monoisotopic (exact) mass is 305 g/mol. The smallest absolute Gasteiger partial charge is 0.240 e. The van der Waals surface area contributed by atoms with Crippen LogP contribution in [0.2, 0.25) is 0 Å². The van der Waals surface area contributed by atoms with Gasteiger partial charge < -0.3 is 9.88 Å². The topological polar surface area (TPSA) is 46.9 Å². The third-order valence-electron chi connectivity index (χ3n) is 4.21. The van der Waals surface area contributed by atoms with Gasteiger partial charge in [-0.15, -0.1) is 0 Å². The maximum absolute atomic E-state index is 12.3. The summed E-state index contributed by atoms with van der Waals surface area (Å²) in [5.74, 6) is 0.904. The Balaban J connectivity index is 1.77. The first-order valence-corrected chi connectivity index (χ1v) is 8.02. The average Bonchev–Trinajstić information content (AvgIpc) is 3.29. The molecule has 0 unspecified atom stereocenters. The van der Waals surface area contributed by atoms with E-state index in [0.29, 0.717) is 12.6 Å². The van der Waals surface area contributed by atoms with Gasteiger partial charge in [0.25, 0.3) is 0 Å². The largest absolute Gasteiger partial charge is 0.352 e. The van der Waals surface area contributed by atoms with Crippen LogP contribution in [0.3, 0.4) is 0 Å². The number of amides is 1. The third-order valence-corrected chi connectivity index (χ3v) is 4.21. The van der Waals surface area contributed by atoms with Crippen molar-refractivity contribution in [2.75, 3.05) is 0 Å². The number of imidazole rings is 1. The highest BCUT2D eigenvalue weighted by molar-refractivity contribution is 5.84. The van der Waals surface area contributed by atoms with E-state index in [1.54, 1.807) is 0 Å². The van der Waals surface area contributed by atoms with Crippen molar-refractivity contribution in [3.63, 3.8) is 0 Å². The van der Waals surface area contributed by atoms with Gasteiger partial charge in [0.05, 0.1) is 11.0 Å². The number of nitrogens with one attached hydrogen (secondary N) is 1. The second-order valence-electron chi connectivity index (χ2n) is 6.22. The maximum Gasteiger partial charge on any atom is 0.240 e. The lowest BCUT2D eigenvalue weighted by molar-refractivity contribution is -0.121. The maximum atomic E-state index is 12.3. The van der Waals surface area contributed by atoms with Crippen LogP contribution in [0.15, 0.2) is 48.5 Å². The fourth-order valence-electron chi connectivity index (χ4n) is 2.80. The summed E-state index contributed by atoms with van der Waals surface area (Å²) in [7, 11) is 0. The van der Waals surface area contributed by atoms with Gasteiger partial charge in [0.15, 0.2) is 0 Å². The lowest BCUT2D eigenvalue weighted by Gasteiger charge is -2.10. The molecule has 116 valence electrons. The van der Waals surface area contributed by atoms with Crippen molar-refractivity contribution in [1.29, 1.82) is 0 Å². The van der Waals surface area contributed by atoms with Gasteiger partial charge in [-0.2, -0.15) is 0 Å². The van der Waals surface area contributed by atoms with Gasteiger partial charge in [-0.1, -0.05) is 42.0 Å². The van der Waals surface area contributed by atoms with Gasteiger partial charge in [-0.05, 0) is 31.9 Å². The lowest BCUT2D eigenvalue weighted by atomic mass is 10.1. The number of hydrogen-bond acceptors (Lipinski definition) is 2. The number of benzene rings is 2. The molecule has 4 rings (SSSR count). The molecule has 1 fully saturated rings. The molecule has 1 heterocycles. The van der Waals surface area contributed by atoms with E-state index in [2.05, 4.69) is 36.5 Å². The van der Waals surface area contributed by atoms with Gasteiger partial charge in [0.1, 0.15) is 12.4 Å². The Kier molecular flexibility index (Phi) is 3.37. The molecular weight excluding hydrogens is 286 g/mol. The molecule has 1 saturated carbocycles. The Morgan fingerprint density at radius 1 is 1.17 bits per heavy atom. The van der Waals surface area contributed by atoms with E-state index >= 15 is 0 Å². The van der Waals surface area contributed by atoms with E-state index in [1.165, 1.54) is 5.56 Å². The van der Waals surface area contributed by atoms with E-state index in [0.717, 1.165) is 35.3 Å². The summed E-state index contributed by atoms with van der Waals surface area (Å²) in [6.45, 7) is 2.37. The fraction of sp³-hybridized carbons (Fsp3) is 0.263. The van der Waals surface area contributed by atoms with Crippen LogP contribution in [0.4, 0.5) is 0 Å². The van der Waals surface area contributed by atoms with Crippen LogP contribution in [-0.4, -0.2) is 21.5 Å². The molecule has 2 aromatic carbocycles. The van der Waals surface area contributed by atoms with Crippen molar-refractivity contribution in [3.05, 3.63) is 54.1 Å². The van der Waals surface area contributed by atoms with Crippen LogP contribution in [-0.2, 0) is 11.3 Å². The molecule has 0 aliphatic heterocycles. The first-order chi connectivity index (χ1) is 11.2. The van der Waals surface area contributed by atoms with Crippen molar-refractivity contribution in [3.8, 4) is 11.4 Å². The number of carbonyl (C=O) groups excluding carboxylic acids is 1. The molecule has 1 aliphatic carbocycles. The summed E-state index contributed by atoms with van der Waals surface area (Å²) in [4.78, 5) is 17.0. The van der Waals surface area contributed by atoms with Crippen molar-refractivity contribution < 1.29 is 4.79 Å². The minimum Gasteiger partial charge on any atom is -0.352 e. The molecule has 4 heteroatoms. The Labute approximate surface area is 135 Å². The summed E-state index contributed by atoms with van der Waals surface area (Å²) < 4.78 is 2.01. The predicted octanol–water partition coefficient (Wildman–Crippen LogP) is 3.29. The molecule has 1 aliphatic rings. The van der Waals surface area contributed by atoms with E-state index in [1.807, 2.05) is 28.8 Å². The number of aromatic nitrogens is 2. The fourth-order valence-corrected chi connectivity index (χ4v) is 2.80. The summed E-state index contributed by atoms with van der Waals surface area (Å²) in [6.07, 6.45) is 2.20. The summed E-state index contributed by atoms with van der Waals surface area (Å²) in [5, 5.41) is 3.06. The van der Waals surface area contributed by atoms with Crippen LogP contribution in [0.1, 0.15) is 18.4 Å². The average molecular weight is 305 g/mol. The quantitative estimate of drug-likeness (QED) is 0.804. The molecule has 1 amide bonds. The van der Waals surface area contributed by atoms with E-state index in [4.69, 9.17) is 4.98 Å². The standard InChI is InChI=1S/C19H19N3O/c1-13-6-8-14(9-7-13)19-21-16-4-2-3-5-17(16)22(19)12-18(23)20-15-10-11-15/h2-9,15H,10-12H2,1H3,(H,20,23). The highest BCUT2D eigenvalue weighted by atomic mass is 16.2. The molecule has 0 saturated heterocycles. The minimum absolute atomic E-state index is 0.0593. The number of nitrogens with zero attached hydrogens (tertiary/aromatic N) is 2. The van der Waals surface area contributed by atoms with Gasteiger partial charge in [-0.3, -0.25) is 4.79 Å². The summed E-state index contributed by atoms with van der Waals surface area (Å²) >= 11 is 0. The van der Waals surface area contributed by atoms with Gasteiger partial charge in [0, 0.05) is 11.6 Å². The number of para-hydroxylation sites is 2. The summed E-state index contributed by atoms with van der Waals surface area (Å²) in [6, 6.07) is 16.6. The van der Waals surface area contributed by atoms with Crippen molar-refractivity contribution in [2.24, 2.45) is 0 Å². The Bertz CT molecular complexity index is 860. The molecule has 0 spiro atoms. The first-order valence-electron chi connectivity index (χ1n) is 8.02. The Hall–Kier alpha value is -2.62. The highest BCUT2D eigenvalue weighted by Crippen LogP contribution is 2.25. The first kappa shape index (κ1) is 14.0. The lowest BCUT2D eigenvalue weighted by Crippen LogP contribution is -2.29. The second-order valence-corrected chi connectivity index (χ2v) is 6.22. The third kappa shape index (κ3) is 2.84. The SMILES string of the molecule is Cc1ccc(-c2nc3ccccc3n2CC(=O)NC2CC2)cc1. The van der Waals surface area contributed by atoms with Gasteiger partial charge in [-0.25, -0.2) is 4.98 Å². The van der Waals surface area contributed by atoms with Crippen molar-refractivity contribution in [1.82, 2.24) is 14.9 Å². The highest BCUT2D eigenvalue weighted by Gasteiger charge is 2.24. The minimum atomic E-state index is 0.0593. The number of aryl methyl sites for hydroxylation is 1.